The topological polar surface area (TPSA) is 141 Å². The number of aromatic nitrogens is 3. The molecule has 0 atom stereocenters. The van der Waals surface area contributed by atoms with Gasteiger partial charge in [0.05, 0.1) is 28.6 Å². The largest absolute Gasteiger partial charge is 0.351 e. The van der Waals surface area contributed by atoms with Gasteiger partial charge < -0.3 is 5.32 Å². The fraction of sp³-hybridized carbons (Fsp3) is 0.450. The fourth-order valence-corrected chi connectivity index (χ4v) is 5.93. The molecule has 3 aromatic heterocycles. The summed E-state index contributed by atoms with van der Waals surface area (Å²) in [5.74, 6) is 0.141. The molecule has 3 aromatic rings. The minimum Gasteiger partial charge on any atom is -0.351 e. The lowest BCUT2D eigenvalue weighted by Gasteiger charge is -2.30. The van der Waals surface area contributed by atoms with Crippen molar-refractivity contribution < 1.29 is 29.8 Å². The maximum Gasteiger partial charge on any atom is 0.269 e. The third-order valence-corrected chi connectivity index (χ3v) is 8.36. The van der Waals surface area contributed by atoms with Crippen molar-refractivity contribution in [2.24, 2.45) is 0 Å². The van der Waals surface area contributed by atoms with E-state index in [0.717, 1.165) is 34.5 Å². The number of sulfonamides is 1. The zero-order valence-electron chi connectivity index (χ0n) is 19.2. The number of fused-ring (bicyclic) bond motifs is 1. The van der Waals surface area contributed by atoms with Crippen LogP contribution in [-0.4, -0.2) is 67.3 Å². The van der Waals surface area contributed by atoms with E-state index in [9.17, 15) is 30.4 Å². The molecule has 0 saturated carbocycles. The maximum absolute atomic E-state index is 13.7. The van der Waals surface area contributed by atoms with Gasteiger partial charge in [0, 0.05) is 30.7 Å². The van der Waals surface area contributed by atoms with Crippen LogP contribution < -0.4 is 10.9 Å². The highest BCUT2D eigenvalue weighted by Crippen LogP contribution is 2.27. The zero-order valence-corrected chi connectivity index (χ0v) is 21.7. The van der Waals surface area contributed by atoms with Gasteiger partial charge in [0.2, 0.25) is 16.0 Å². The summed E-state index contributed by atoms with van der Waals surface area (Å²) in [6, 6.07) is 2.39. The predicted octanol–water partition coefficient (Wildman–Crippen LogP) is 2.09. The van der Waals surface area contributed by atoms with Crippen LogP contribution in [0.2, 0.25) is 0 Å². The van der Waals surface area contributed by atoms with Crippen LogP contribution in [0.3, 0.4) is 0 Å². The number of pyridine rings is 1. The Hall–Kier alpha value is -2.53. The number of alkyl halides is 2. The number of hydrogen-bond acceptors (Lipinski definition) is 10. The first-order valence-electron chi connectivity index (χ1n) is 10.7. The summed E-state index contributed by atoms with van der Waals surface area (Å²) in [4.78, 5) is 22.0. The van der Waals surface area contributed by atoms with Crippen LogP contribution in [0.1, 0.15) is 29.7 Å². The average Bonchev–Trinajstić information content (AvgIpc) is 3.24. The lowest BCUT2D eigenvalue weighted by molar-refractivity contribution is 0.149. The van der Waals surface area contributed by atoms with E-state index in [1.165, 1.54) is 16.6 Å². The molecule has 16 heteroatoms. The van der Waals surface area contributed by atoms with Crippen LogP contribution in [0.4, 0.5) is 14.7 Å². The van der Waals surface area contributed by atoms with Gasteiger partial charge in [0.1, 0.15) is 6.61 Å². The Morgan fingerprint density at radius 1 is 1.22 bits per heavy atom. The monoisotopic (exact) mass is 563 g/mol. The van der Waals surface area contributed by atoms with E-state index in [1.807, 2.05) is 0 Å². The Bertz CT molecular complexity index is 1550. The Balaban J connectivity index is 1.73. The first kappa shape index (κ1) is 26.5. The number of nitrogens with zero attached hydrogens (tertiary/aromatic N) is 4. The van der Waals surface area contributed by atoms with Crippen molar-refractivity contribution >= 4 is 48.5 Å². The predicted molar refractivity (Wildman–Crippen MR) is 131 cm³/mol. The van der Waals surface area contributed by atoms with Gasteiger partial charge in [-0.3, -0.25) is 13.5 Å². The number of rotatable bonds is 8. The van der Waals surface area contributed by atoms with Crippen LogP contribution in [-0.2, 0) is 30.9 Å². The van der Waals surface area contributed by atoms with Gasteiger partial charge >= 0.3 is 0 Å². The van der Waals surface area contributed by atoms with Gasteiger partial charge in [-0.25, -0.2) is 26.5 Å². The van der Waals surface area contributed by atoms with Gasteiger partial charge in [0.15, 0.2) is 5.65 Å². The summed E-state index contributed by atoms with van der Waals surface area (Å²) < 4.78 is 81.0. The van der Waals surface area contributed by atoms with E-state index in [4.69, 9.17) is 4.18 Å². The van der Waals surface area contributed by atoms with E-state index < -0.39 is 37.7 Å². The standard InChI is InChI=1S/C20H23F2N5O6S3/c1-35(29,30)26-6-3-13(4-7-26)24-20-23-10-12-9-14(17(21)22)19(28)27(18(12)25-20)15-5-8-34-16(15)11-33-36(2,31)32/h5,8-10,13,17H,3-4,6-7,11H2,1-2H3,(H,23,24,25). The van der Waals surface area contributed by atoms with Gasteiger partial charge in [-0.15, -0.1) is 11.3 Å². The molecule has 0 radical (unpaired) electrons. The Labute approximate surface area is 209 Å². The van der Waals surface area contributed by atoms with E-state index in [-0.39, 0.29) is 35.3 Å². The molecule has 11 nitrogen and oxygen atoms in total. The molecule has 0 aliphatic carbocycles. The van der Waals surface area contributed by atoms with E-state index in [0.29, 0.717) is 30.8 Å². The number of piperidine rings is 1. The number of nitrogens with one attached hydrogen (secondary N) is 1. The minimum absolute atomic E-state index is 0.0504. The van der Waals surface area contributed by atoms with Crippen molar-refractivity contribution in [3.8, 4) is 5.69 Å². The van der Waals surface area contributed by atoms with Crippen molar-refractivity contribution in [2.75, 3.05) is 30.9 Å². The molecule has 0 spiro atoms. The summed E-state index contributed by atoms with van der Waals surface area (Å²) in [7, 11) is -7.07. The van der Waals surface area contributed by atoms with Crippen LogP contribution in [0, 0.1) is 0 Å². The molecule has 0 aromatic carbocycles. The highest BCUT2D eigenvalue weighted by molar-refractivity contribution is 7.88. The lowest BCUT2D eigenvalue weighted by Crippen LogP contribution is -2.42. The first-order chi connectivity index (χ1) is 16.8. The Morgan fingerprint density at radius 3 is 2.53 bits per heavy atom. The molecule has 0 bridgehead atoms. The van der Waals surface area contributed by atoms with Gasteiger partial charge in [-0.05, 0) is 30.4 Å². The van der Waals surface area contributed by atoms with E-state index in [1.54, 1.807) is 5.38 Å². The normalized spacial score (nSPS) is 16.1. The van der Waals surface area contributed by atoms with Crippen LogP contribution in [0.15, 0.2) is 28.5 Å². The summed E-state index contributed by atoms with van der Waals surface area (Å²) in [5, 5.41) is 4.89. The molecule has 196 valence electrons. The third kappa shape index (κ3) is 5.88. The second kappa shape index (κ2) is 10.1. The molecule has 0 unspecified atom stereocenters. The van der Waals surface area contributed by atoms with Crippen molar-refractivity contribution in [1.82, 2.24) is 18.8 Å². The number of hydrogen-bond donors (Lipinski definition) is 1. The lowest BCUT2D eigenvalue weighted by atomic mass is 10.1. The molecule has 1 aliphatic rings. The molecule has 36 heavy (non-hydrogen) atoms. The molecule has 1 saturated heterocycles. The Kier molecular flexibility index (Phi) is 7.43. The quantitative estimate of drug-likeness (QED) is 0.408. The summed E-state index contributed by atoms with van der Waals surface area (Å²) >= 11 is 1.10. The summed E-state index contributed by atoms with van der Waals surface area (Å²) in [6.07, 6.45) is 1.30. The SMILES string of the molecule is CS(=O)(=O)OCc1sccc1-n1c(=O)c(C(F)F)cc2cnc(NC3CCN(S(C)(=O)=O)CC3)nc21. The van der Waals surface area contributed by atoms with Gasteiger partial charge in [0.25, 0.3) is 22.1 Å². The second-order valence-corrected chi connectivity index (χ2v) is 12.9. The molecule has 1 aliphatic heterocycles. The molecular formula is C20H23F2N5O6S3. The molecule has 1 N–H and O–H groups in total. The van der Waals surface area contributed by atoms with Crippen molar-refractivity contribution in [2.45, 2.75) is 31.9 Å². The number of thiophene rings is 1. The molecule has 1 fully saturated rings. The highest BCUT2D eigenvalue weighted by Gasteiger charge is 2.26. The maximum atomic E-state index is 13.7. The van der Waals surface area contributed by atoms with E-state index in [2.05, 4.69) is 15.3 Å². The van der Waals surface area contributed by atoms with Crippen molar-refractivity contribution in [3.05, 3.63) is 44.5 Å². The highest BCUT2D eigenvalue weighted by atomic mass is 32.2. The summed E-state index contributed by atoms with van der Waals surface area (Å²) in [5.41, 5.74) is -1.52. The van der Waals surface area contributed by atoms with Gasteiger partial charge in [-0.1, -0.05) is 0 Å². The Morgan fingerprint density at radius 2 is 1.92 bits per heavy atom. The number of anilines is 1. The van der Waals surface area contributed by atoms with Crippen LogP contribution in [0.5, 0.6) is 0 Å². The van der Waals surface area contributed by atoms with Crippen molar-refractivity contribution in [3.63, 3.8) is 0 Å². The van der Waals surface area contributed by atoms with Gasteiger partial charge in [-0.2, -0.15) is 13.4 Å². The second-order valence-electron chi connectivity index (χ2n) is 8.29. The third-order valence-electron chi connectivity index (χ3n) is 5.63. The minimum atomic E-state index is -3.79. The zero-order chi connectivity index (χ0) is 26.3. The van der Waals surface area contributed by atoms with E-state index >= 15 is 0 Å². The molecule has 4 heterocycles. The molecular weight excluding hydrogens is 540 g/mol. The smallest absolute Gasteiger partial charge is 0.269 e. The summed E-state index contributed by atoms with van der Waals surface area (Å²) in [6.45, 7) is 0.268. The number of halogens is 2. The molecule has 0 amide bonds. The fourth-order valence-electron chi connectivity index (χ4n) is 3.88. The van der Waals surface area contributed by atoms with Crippen LogP contribution >= 0.6 is 11.3 Å². The molecule has 4 rings (SSSR count). The first-order valence-corrected chi connectivity index (χ1v) is 15.2. The van der Waals surface area contributed by atoms with Crippen molar-refractivity contribution in [1.29, 1.82) is 0 Å². The average molecular weight is 564 g/mol. The van der Waals surface area contributed by atoms with Crippen LogP contribution in [0.25, 0.3) is 16.7 Å².